The fraction of sp³-hybridized carbons (Fsp3) is 0.179. The van der Waals surface area contributed by atoms with Gasteiger partial charge in [0.25, 0.3) is 5.91 Å². The summed E-state index contributed by atoms with van der Waals surface area (Å²) in [6.07, 6.45) is 0. The lowest BCUT2D eigenvalue weighted by molar-refractivity contribution is -0.142. The zero-order chi connectivity index (χ0) is 28.1. The molecule has 202 valence electrons. The summed E-state index contributed by atoms with van der Waals surface area (Å²) in [6, 6.07) is 21.5. The molecule has 11 heteroatoms. The molecule has 3 aromatic carbocycles. The van der Waals surface area contributed by atoms with E-state index < -0.39 is 29.2 Å². The molecule has 4 aromatic rings. The van der Waals surface area contributed by atoms with Crippen LogP contribution in [0.2, 0.25) is 5.02 Å². The summed E-state index contributed by atoms with van der Waals surface area (Å²) < 4.78 is 35.0. The highest BCUT2D eigenvalue weighted by Crippen LogP contribution is 2.28. The van der Waals surface area contributed by atoms with Crippen LogP contribution in [0.3, 0.4) is 0 Å². The molecule has 1 N–H and O–H groups in total. The van der Waals surface area contributed by atoms with Crippen molar-refractivity contribution in [1.29, 1.82) is 0 Å². The average Bonchev–Trinajstić information content (AvgIpc) is 3.42. The van der Waals surface area contributed by atoms with Crippen molar-refractivity contribution in [2.45, 2.75) is 19.9 Å². The molecule has 2 atom stereocenters. The maximum atomic E-state index is 12.6. The van der Waals surface area contributed by atoms with Crippen LogP contribution in [-0.4, -0.2) is 38.9 Å². The fourth-order valence-electron chi connectivity index (χ4n) is 3.98. The molecule has 0 saturated carbocycles. The average molecular weight is 567 g/mol. The second-order valence-electron chi connectivity index (χ2n) is 8.92. The number of rotatable bonds is 9. The molecular weight excluding hydrogens is 542 g/mol. The van der Waals surface area contributed by atoms with Crippen LogP contribution in [0.1, 0.15) is 24.4 Å². The monoisotopic (exact) mass is 566 g/mol. The number of methoxy groups -OCH3 is 1. The maximum absolute atomic E-state index is 12.6. The van der Waals surface area contributed by atoms with Gasteiger partial charge < -0.3 is 19.1 Å². The van der Waals surface area contributed by atoms with Gasteiger partial charge in [-0.3, -0.25) is 13.3 Å². The van der Waals surface area contributed by atoms with Crippen molar-refractivity contribution in [2.24, 2.45) is 5.92 Å². The van der Waals surface area contributed by atoms with E-state index in [1.165, 1.54) is 7.11 Å². The molecule has 0 spiro atoms. The first-order valence-electron chi connectivity index (χ1n) is 11.9. The number of aromatic nitrogens is 1. The summed E-state index contributed by atoms with van der Waals surface area (Å²) in [6.45, 7) is 3.49. The maximum Gasteiger partial charge on any atom is 0.329 e. The quantitative estimate of drug-likeness (QED) is 0.203. The van der Waals surface area contributed by atoms with Crippen LogP contribution >= 0.6 is 11.6 Å². The van der Waals surface area contributed by atoms with Crippen molar-refractivity contribution in [1.82, 2.24) is 5.16 Å². The molecule has 39 heavy (non-hydrogen) atoms. The van der Waals surface area contributed by atoms with Crippen LogP contribution in [0, 0.1) is 5.92 Å². The van der Waals surface area contributed by atoms with Gasteiger partial charge in [0.1, 0.15) is 11.7 Å². The van der Waals surface area contributed by atoms with E-state index in [2.05, 4.69) is 10.5 Å². The lowest BCUT2D eigenvalue weighted by atomic mass is 10.0. The Morgan fingerprint density at radius 1 is 0.974 bits per heavy atom. The lowest BCUT2D eigenvalue weighted by Gasteiger charge is -2.35. The van der Waals surface area contributed by atoms with Gasteiger partial charge in [0.05, 0.1) is 7.11 Å². The van der Waals surface area contributed by atoms with Crippen molar-refractivity contribution in [2.75, 3.05) is 16.7 Å². The van der Waals surface area contributed by atoms with Crippen molar-refractivity contribution in [3.05, 3.63) is 89.6 Å². The number of esters is 1. The molecule has 0 aliphatic carbocycles. The normalized spacial score (nSPS) is 12.6. The van der Waals surface area contributed by atoms with E-state index in [-0.39, 0.29) is 11.7 Å². The standard InChI is InChI=1S/C28H26ClN3O6S/c1-17(2)26(28(34)37-3)32(39(35)36)23-14-8-19(9-15-23)18-6-12-22(13-7-18)30-27(33)25-16-24(31-38-25)20-4-10-21(29)11-5-20/h4-17,26H,1-3H3,(H,30,33)(H,35,36)/p-1. The predicted octanol–water partition coefficient (Wildman–Crippen LogP) is 5.71. The first kappa shape index (κ1) is 28.0. The van der Waals surface area contributed by atoms with Gasteiger partial charge in [-0.15, -0.1) is 0 Å². The van der Waals surface area contributed by atoms with Crippen molar-refractivity contribution in [3.63, 3.8) is 0 Å². The van der Waals surface area contributed by atoms with Crippen LogP contribution in [0.5, 0.6) is 0 Å². The number of anilines is 2. The molecule has 1 heterocycles. The van der Waals surface area contributed by atoms with E-state index in [9.17, 15) is 18.4 Å². The minimum absolute atomic E-state index is 0.0617. The molecule has 0 radical (unpaired) electrons. The second-order valence-corrected chi connectivity index (χ2v) is 10.2. The highest BCUT2D eigenvalue weighted by Gasteiger charge is 2.31. The third kappa shape index (κ3) is 6.54. The smallest absolute Gasteiger partial charge is 0.329 e. The van der Waals surface area contributed by atoms with Crippen molar-refractivity contribution >= 4 is 46.1 Å². The Balaban J connectivity index is 1.46. The van der Waals surface area contributed by atoms with E-state index >= 15 is 0 Å². The molecule has 4 rings (SSSR count). The number of benzene rings is 3. The summed E-state index contributed by atoms with van der Waals surface area (Å²) in [5, 5.41) is 7.32. The van der Waals surface area contributed by atoms with Crippen LogP contribution in [0.25, 0.3) is 22.4 Å². The summed E-state index contributed by atoms with van der Waals surface area (Å²) in [5.41, 5.74) is 3.83. The minimum atomic E-state index is -2.69. The number of ether oxygens (including phenoxy) is 1. The Morgan fingerprint density at radius 3 is 2.08 bits per heavy atom. The van der Waals surface area contributed by atoms with E-state index in [1.54, 1.807) is 80.6 Å². The molecule has 2 unspecified atom stereocenters. The Bertz CT molecular complexity index is 1470. The summed E-state index contributed by atoms with van der Waals surface area (Å²) >= 11 is 3.23. The van der Waals surface area contributed by atoms with Gasteiger partial charge >= 0.3 is 5.97 Å². The van der Waals surface area contributed by atoms with Crippen LogP contribution in [0.4, 0.5) is 11.4 Å². The predicted molar refractivity (Wildman–Crippen MR) is 149 cm³/mol. The van der Waals surface area contributed by atoms with Gasteiger partial charge in [-0.25, -0.2) is 4.79 Å². The number of carbonyl (C=O) groups excluding carboxylic acids is 2. The van der Waals surface area contributed by atoms with Crippen LogP contribution in [-0.2, 0) is 20.8 Å². The lowest BCUT2D eigenvalue weighted by Crippen LogP contribution is -2.46. The third-order valence-corrected chi connectivity index (χ3v) is 6.97. The number of carbonyl (C=O) groups is 2. The van der Waals surface area contributed by atoms with Gasteiger partial charge in [-0.2, -0.15) is 0 Å². The van der Waals surface area contributed by atoms with Crippen molar-refractivity contribution < 1.29 is 27.6 Å². The Labute approximate surface area is 233 Å². The zero-order valence-electron chi connectivity index (χ0n) is 21.3. The van der Waals surface area contributed by atoms with Gasteiger partial charge in [0, 0.05) is 39.3 Å². The molecule has 1 aromatic heterocycles. The van der Waals surface area contributed by atoms with Gasteiger partial charge in [-0.05, 0) is 53.4 Å². The Morgan fingerprint density at radius 2 is 1.54 bits per heavy atom. The number of hydrogen-bond donors (Lipinski definition) is 1. The highest BCUT2D eigenvalue weighted by atomic mass is 35.5. The number of nitrogens with zero attached hydrogens (tertiary/aromatic N) is 2. The number of nitrogens with one attached hydrogen (secondary N) is 1. The van der Waals surface area contributed by atoms with Gasteiger partial charge in [0.2, 0.25) is 5.76 Å². The number of halogens is 1. The third-order valence-electron chi connectivity index (χ3n) is 5.96. The molecule has 0 fully saturated rings. The van der Waals surface area contributed by atoms with Crippen LogP contribution in [0.15, 0.2) is 83.4 Å². The molecule has 0 bridgehead atoms. The van der Waals surface area contributed by atoms with E-state index in [4.69, 9.17) is 20.9 Å². The van der Waals surface area contributed by atoms with Crippen LogP contribution < -0.4 is 9.62 Å². The molecule has 1 amide bonds. The molecule has 9 nitrogen and oxygen atoms in total. The first-order valence-corrected chi connectivity index (χ1v) is 13.3. The van der Waals surface area contributed by atoms with E-state index in [0.717, 1.165) is 21.0 Å². The number of hydrogen-bond acceptors (Lipinski definition) is 7. The second kappa shape index (κ2) is 12.2. The SMILES string of the molecule is COC(=O)C(C(C)C)N(c1ccc(-c2ccc(NC(=O)c3cc(-c4ccc(Cl)cc4)no3)cc2)cc1)S(=O)[O-]. The topological polar surface area (TPSA) is 125 Å². The van der Waals surface area contributed by atoms with E-state index in [0.29, 0.717) is 22.1 Å². The molecule has 0 aliphatic rings. The van der Waals surface area contributed by atoms with Crippen molar-refractivity contribution in [3.8, 4) is 22.4 Å². The summed E-state index contributed by atoms with van der Waals surface area (Å²) in [4.78, 5) is 24.9. The summed E-state index contributed by atoms with van der Waals surface area (Å²) in [7, 11) is 1.23. The molecule has 0 saturated heterocycles. The largest absolute Gasteiger partial charge is 0.755 e. The first-order chi connectivity index (χ1) is 18.7. The zero-order valence-corrected chi connectivity index (χ0v) is 22.9. The Hall–Kier alpha value is -3.99. The highest BCUT2D eigenvalue weighted by molar-refractivity contribution is 7.80. The molecule has 0 aliphatic heterocycles. The number of amides is 1. The van der Waals surface area contributed by atoms with Gasteiger partial charge in [0.15, 0.2) is 0 Å². The fourth-order valence-corrected chi connectivity index (χ4v) is 4.91. The van der Waals surface area contributed by atoms with Gasteiger partial charge in [-0.1, -0.05) is 67.0 Å². The Kier molecular flexibility index (Phi) is 8.80. The molecular formula is C28H25ClN3O6S-. The minimum Gasteiger partial charge on any atom is -0.755 e. The van der Waals surface area contributed by atoms with E-state index in [1.807, 2.05) is 12.1 Å². The summed E-state index contributed by atoms with van der Waals surface area (Å²) in [5.74, 6) is -1.33.